The maximum Gasteiger partial charge on any atom is 0.409 e. The largest absolute Gasteiger partial charge is 0.495 e. The van der Waals surface area contributed by atoms with Crippen LogP contribution in [0.25, 0.3) is 23.5 Å². The number of methoxy groups -OCH3 is 4. The molecule has 4 aliphatic rings. The third-order valence-corrected chi connectivity index (χ3v) is 14.3. The van der Waals surface area contributed by atoms with E-state index in [1.165, 1.54) is 24.0 Å². The highest BCUT2D eigenvalue weighted by atomic mass is 19.2. The number of rotatable bonds is 8. The fourth-order valence-corrected chi connectivity index (χ4v) is 10.6. The van der Waals surface area contributed by atoms with Crippen LogP contribution in [0.3, 0.4) is 0 Å². The molecule has 0 radical (unpaired) electrons. The summed E-state index contributed by atoms with van der Waals surface area (Å²) in [5.41, 5.74) is 5.86. The number of hydrogen-bond acceptors (Lipinski definition) is 10. The summed E-state index contributed by atoms with van der Waals surface area (Å²) in [7, 11) is 5.59. The quantitative estimate of drug-likeness (QED) is 0.0818. The maximum absolute atomic E-state index is 14.2. The number of nitrogens with zero attached hydrogens (tertiary/aromatic N) is 8. The first-order valence-corrected chi connectivity index (χ1v) is 24.8. The zero-order chi connectivity index (χ0) is 55.7. The summed E-state index contributed by atoms with van der Waals surface area (Å²) in [6, 6.07) is 11.9. The summed E-state index contributed by atoms with van der Waals surface area (Å²) in [4.78, 5) is 66.7. The molecule has 4 amide bonds. The van der Waals surface area contributed by atoms with Gasteiger partial charge in [-0.15, -0.1) is 0 Å². The average molecular weight is 1080 g/mol. The molecule has 4 aromatic carbocycles. The molecule has 408 valence electrons. The third kappa shape index (κ3) is 10.9. The molecular formula is C56H54F6N8O8. The lowest BCUT2D eigenvalue weighted by Crippen LogP contribution is -2.59. The third-order valence-electron chi connectivity index (χ3n) is 14.3. The Hall–Kier alpha value is -8.56. The van der Waals surface area contributed by atoms with Gasteiger partial charge < -0.3 is 47.7 Å². The average Bonchev–Trinajstić information content (AvgIpc) is 4.20. The normalized spacial score (nSPS) is 20.3. The van der Waals surface area contributed by atoms with E-state index in [1.807, 2.05) is 71.8 Å². The topological polar surface area (TPSA) is 154 Å². The Labute approximate surface area is 444 Å². The van der Waals surface area contributed by atoms with Gasteiger partial charge in [0.05, 0.1) is 88.0 Å². The number of hydrogen-bond donors (Lipinski definition) is 0. The highest BCUT2D eigenvalue weighted by molar-refractivity contribution is 6.00. The molecule has 22 heteroatoms. The molecule has 0 saturated carbocycles. The van der Waals surface area contributed by atoms with Crippen molar-refractivity contribution in [2.45, 2.75) is 63.7 Å². The molecule has 10 rings (SSSR count). The van der Waals surface area contributed by atoms with Crippen LogP contribution in [0, 0.1) is 48.8 Å². The number of benzene rings is 4. The van der Waals surface area contributed by atoms with Gasteiger partial charge in [0.1, 0.15) is 11.5 Å². The molecule has 4 saturated heterocycles. The van der Waals surface area contributed by atoms with E-state index in [9.17, 15) is 45.5 Å². The second-order valence-corrected chi connectivity index (χ2v) is 19.2. The molecule has 0 N–H and O–H groups in total. The van der Waals surface area contributed by atoms with Gasteiger partial charge in [-0.2, -0.15) is 0 Å². The van der Waals surface area contributed by atoms with Gasteiger partial charge in [0.15, 0.2) is 34.9 Å². The summed E-state index contributed by atoms with van der Waals surface area (Å²) in [5.74, 6) is -8.11. The van der Waals surface area contributed by atoms with Gasteiger partial charge in [0, 0.05) is 49.7 Å². The SMILES string of the molecule is COC(=O)N1C[C@@H]2CC/C(=C\c3ccc(-n4cnc(C)c4)c(OC)c3)C(=O)N2[C@@H](c2cc(F)c(F)c(F)c2)C1.COC(=O)N1C[C@H]2CC/C(=C\c3ccc(-n4cnc(C)c4)c(OC)c3)C(=O)N2[C@H](c2cc(F)c(F)c(F)c2)C1. The zero-order valence-corrected chi connectivity index (χ0v) is 43.3. The highest BCUT2D eigenvalue weighted by Crippen LogP contribution is 2.40. The van der Waals surface area contributed by atoms with Crippen LogP contribution in [0.5, 0.6) is 11.5 Å². The van der Waals surface area contributed by atoms with E-state index in [1.54, 1.807) is 48.8 Å². The number of piperidine rings is 2. The van der Waals surface area contributed by atoms with E-state index in [0.29, 0.717) is 48.3 Å². The van der Waals surface area contributed by atoms with Crippen molar-refractivity contribution < 1.29 is 64.5 Å². The van der Waals surface area contributed by atoms with Crippen LogP contribution in [0.2, 0.25) is 0 Å². The van der Waals surface area contributed by atoms with Gasteiger partial charge in [-0.05, 0) is 122 Å². The first-order chi connectivity index (χ1) is 37.4. The summed E-state index contributed by atoms with van der Waals surface area (Å²) in [6.45, 7) is 4.08. The number of ether oxygens (including phenoxy) is 4. The molecule has 6 heterocycles. The Morgan fingerprint density at radius 1 is 0.551 bits per heavy atom. The second-order valence-electron chi connectivity index (χ2n) is 19.2. The predicted molar refractivity (Wildman–Crippen MR) is 271 cm³/mol. The monoisotopic (exact) mass is 1080 g/mol. The second kappa shape index (κ2) is 22.6. The molecule has 0 bridgehead atoms. The van der Waals surface area contributed by atoms with Gasteiger partial charge >= 0.3 is 12.2 Å². The molecule has 0 unspecified atom stereocenters. The van der Waals surface area contributed by atoms with E-state index in [2.05, 4.69) is 9.97 Å². The molecule has 0 spiro atoms. The highest BCUT2D eigenvalue weighted by Gasteiger charge is 2.46. The van der Waals surface area contributed by atoms with Crippen LogP contribution < -0.4 is 9.47 Å². The van der Waals surface area contributed by atoms with Crippen LogP contribution in [0.4, 0.5) is 35.9 Å². The van der Waals surface area contributed by atoms with Crippen molar-refractivity contribution in [1.29, 1.82) is 0 Å². The molecule has 4 aliphatic heterocycles. The lowest BCUT2D eigenvalue weighted by molar-refractivity contribution is -0.139. The number of aromatic nitrogens is 4. The Balaban J connectivity index is 0.000000190. The van der Waals surface area contributed by atoms with Crippen LogP contribution in [-0.2, 0) is 19.1 Å². The van der Waals surface area contributed by atoms with E-state index in [-0.39, 0.29) is 49.1 Å². The maximum atomic E-state index is 14.2. The molecule has 2 aromatic heterocycles. The molecule has 78 heavy (non-hydrogen) atoms. The number of amides is 4. The number of imidazole rings is 2. The Kier molecular flexibility index (Phi) is 15.7. The Bertz CT molecular complexity index is 3110. The van der Waals surface area contributed by atoms with Crippen LogP contribution in [0.15, 0.2) is 96.9 Å². The van der Waals surface area contributed by atoms with Crippen molar-refractivity contribution in [3.8, 4) is 22.9 Å². The van der Waals surface area contributed by atoms with Crippen molar-refractivity contribution in [2.75, 3.05) is 54.6 Å². The number of carbonyl (C=O) groups is 4. The summed E-state index contributed by atoms with van der Waals surface area (Å²) < 4.78 is 109. The lowest BCUT2D eigenvalue weighted by atomic mass is 9.89. The summed E-state index contributed by atoms with van der Waals surface area (Å²) in [5, 5.41) is 0. The predicted octanol–water partition coefficient (Wildman–Crippen LogP) is 9.61. The van der Waals surface area contributed by atoms with E-state index >= 15 is 0 Å². The van der Waals surface area contributed by atoms with Crippen LogP contribution in [-0.4, -0.2) is 129 Å². The van der Waals surface area contributed by atoms with Gasteiger partial charge in [-0.25, -0.2) is 45.9 Å². The van der Waals surface area contributed by atoms with E-state index in [4.69, 9.17) is 18.9 Å². The van der Waals surface area contributed by atoms with E-state index < -0.39 is 71.3 Å². The standard InChI is InChI=1S/2C28H27F3N4O4/c2*1-16-12-34(15-32-16)23-7-4-17(9-25(23)38-2)8-18-5-6-20-13-33(28(37)39-3)14-24(35(20)27(18)36)19-10-21(29)26(31)22(30)11-19/h2*4,7-12,15,20,24H,5-6,13-14H2,1-3H3/b2*18-8+/t2*20-,24+/m10/s1. The Morgan fingerprint density at radius 3 is 1.24 bits per heavy atom. The van der Waals surface area contributed by atoms with Gasteiger partial charge in [0.25, 0.3) is 11.8 Å². The van der Waals surface area contributed by atoms with Gasteiger partial charge in [-0.1, -0.05) is 12.1 Å². The zero-order valence-electron chi connectivity index (χ0n) is 43.3. The van der Waals surface area contributed by atoms with Crippen molar-refractivity contribution in [1.82, 2.24) is 38.7 Å². The number of carbonyl (C=O) groups excluding carboxylic acids is 4. The van der Waals surface area contributed by atoms with Crippen molar-refractivity contribution in [3.05, 3.63) is 165 Å². The number of piperazine rings is 2. The molecule has 4 fully saturated rings. The van der Waals surface area contributed by atoms with Crippen molar-refractivity contribution in [2.24, 2.45) is 0 Å². The van der Waals surface area contributed by atoms with Crippen molar-refractivity contribution in [3.63, 3.8) is 0 Å². The fourth-order valence-electron chi connectivity index (χ4n) is 10.6. The minimum atomic E-state index is -1.59. The van der Waals surface area contributed by atoms with Gasteiger partial charge in [0.2, 0.25) is 0 Å². The first-order valence-electron chi connectivity index (χ1n) is 24.8. The molecule has 6 aromatic rings. The lowest BCUT2D eigenvalue weighted by Gasteiger charge is -2.49. The summed E-state index contributed by atoms with van der Waals surface area (Å²) in [6.07, 6.45) is 11.3. The van der Waals surface area contributed by atoms with E-state index in [0.717, 1.165) is 58.2 Å². The number of halogens is 6. The Morgan fingerprint density at radius 2 is 0.923 bits per heavy atom. The molecule has 0 aliphatic carbocycles. The molecule has 4 atom stereocenters. The van der Waals surface area contributed by atoms with Crippen molar-refractivity contribution >= 4 is 36.2 Å². The molecule has 16 nitrogen and oxygen atoms in total. The first kappa shape index (κ1) is 54.2. The summed E-state index contributed by atoms with van der Waals surface area (Å²) >= 11 is 0. The number of aryl methyl sites for hydroxylation is 2. The number of fused-ring (bicyclic) bond motifs is 2. The minimum absolute atomic E-state index is 0.0560. The van der Waals surface area contributed by atoms with Gasteiger partial charge in [-0.3, -0.25) is 9.59 Å². The minimum Gasteiger partial charge on any atom is -0.495 e. The van der Waals surface area contributed by atoms with Crippen LogP contribution >= 0.6 is 0 Å². The fraction of sp³-hybridized carbons (Fsp3) is 0.321. The molecular weight excluding hydrogens is 1030 g/mol. The smallest absolute Gasteiger partial charge is 0.409 e. The van der Waals surface area contributed by atoms with Crippen LogP contribution in [0.1, 0.15) is 71.4 Å².